The lowest BCUT2D eigenvalue weighted by molar-refractivity contribution is -0.114. The summed E-state index contributed by atoms with van der Waals surface area (Å²) in [5, 5.41) is 18.8. The first-order valence-corrected chi connectivity index (χ1v) is 18.2. The van der Waals surface area contributed by atoms with Crippen LogP contribution in [0.5, 0.6) is 11.5 Å². The van der Waals surface area contributed by atoms with Crippen LogP contribution in [0.25, 0.3) is 10.8 Å². The van der Waals surface area contributed by atoms with E-state index in [4.69, 9.17) is 18.9 Å². The molecule has 1 aromatic heterocycles. The fraction of sp³-hybridized carbons (Fsp3) is 0.227. The van der Waals surface area contributed by atoms with E-state index >= 15 is 0 Å². The molecule has 3 atom stereocenters. The highest BCUT2D eigenvalue weighted by Gasteiger charge is 2.42. The molecule has 0 spiro atoms. The third-order valence-corrected chi connectivity index (χ3v) is 9.96. The predicted octanol–water partition coefficient (Wildman–Crippen LogP) is 5.96. The van der Waals surface area contributed by atoms with Crippen molar-refractivity contribution in [3.05, 3.63) is 166 Å². The monoisotopic (exact) mass is 754 g/mol. The number of hydrogen-bond donors (Lipinski definition) is 3. The Balaban J connectivity index is 1.18. The summed E-state index contributed by atoms with van der Waals surface area (Å²) in [7, 11) is 3.20. The number of aliphatic hydroxyl groups is 1. The van der Waals surface area contributed by atoms with E-state index < -0.39 is 41.5 Å². The van der Waals surface area contributed by atoms with E-state index in [2.05, 4.69) is 15.6 Å². The fourth-order valence-electron chi connectivity index (χ4n) is 7.14. The quantitative estimate of drug-likeness (QED) is 0.122. The van der Waals surface area contributed by atoms with Gasteiger partial charge in [-0.2, -0.15) is 4.98 Å². The number of hydrogen-bond acceptors (Lipinski definition) is 9. The van der Waals surface area contributed by atoms with Crippen LogP contribution in [-0.2, 0) is 26.4 Å². The molecule has 2 amide bonds. The van der Waals surface area contributed by atoms with Crippen molar-refractivity contribution in [2.24, 2.45) is 0 Å². The van der Waals surface area contributed by atoms with E-state index in [0.29, 0.717) is 11.5 Å². The van der Waals surface area contributed by atoms with Crippen molar-refractivity contribution in [3.63, 3.8) is 0 Å². The summed E-state index contributed by atoms with van der Waals surface area (Å²) in [4.78, 5) is 43.3. The number of carbonyl (C=O) groups excluding carboxylic acids is 2. The van der Waals surface area contributed by atoms with Crippen LogP contribution in [0, 0.1) is 0 Å². The van der Waals surface area contributed by atoms with Crippen LogP contribution in [-0.4, -0.2) is 59.5 Å². The highest BCUT2D eigenvalue weighted by atomic mass is 16.6. The van der Waals surface area contributed by atoms with Gasteiger partial charge in [0.15, 0.2) is 5.82 Å². The summed E-state index contributed by atoms with van der Waals surface area (Å²) in [5.74, 6) is 0.103. The summed E-state index contributed by atoms with van der Waals surface area (Å²) in [5.41, 5.74) is 1.33. The fourth-order valence-corrected chi connectivity index (χ4v) is 7.14. The van der Waals surface area contributed by atoms with Crippen molar-refractivity contribution in [1.29, 1.82) is 0 Å². The number of amides is 2. The maximum Gasteiger partial charge on any atom is 0.351 e. The van der Waals surface area contributed by atoms with Crippen molar-refractivity contribution in [2.45, 2.75) is 43.9 Å². The predicted molar refractivity (Wildman–Crippen MR) is 211 cm³/mol. The van der Waals surface area contributed by atoms with Crippen molar-refractivity contribution in [2.75, 3.05) is 26.1 Å². The van der Waals surface area contributed by atoms with Gasteiger partial charge in [-0.05, 0) is 57.3 Å². The summed E-state index contributed by atoms with van der Waals surface area (Å²) >= 11 is 0. The summed E-state index contributed by atoms with van der Waals surface area (Å²) in [6.45, 7) is 1.36. The molecule has 12 heteroatoms. The van der Waals surface area contributed by atoms with Gasteiger partial charge in [0.1, 0.15) is 29.4 Å². The zero-order valence-corrected chi connectivity index (χ0v) is 31.2. The van der Waals surface area contributed by atoms with E-state index in [0.717, 1.165) is 33.0 Å². The van der Waals surface area contributed by atoms with Gasteiger partial charge < -0.3 is 34.7 Å². The summed E-state index contributed by atoms with van der Waals surface area (Å²) in [6.07, 6.45) is -1.61. The van der Waals surface area contributed by atoms with Crippen LogP contribution >= 0.6 is 0 Å². The Bertz CT molecular complexity index is 2330. The molecule has 0 unspecified atom stereocenters. The van der Waals surface area contributed by atoms with Crippen LogP contribution in [0.3, 0.4) is 0 Å². The molecule has 7 rings (SSSR count). The lowest BCUT2D eigenvalue weighted by Crippen LogP contribution is -2.38. The number of nitrogens with zero attached hydrogens (tertiary/aromatic N) is 2. The molecule has 56 heavy (non-hydrogen) atoms. The molecule has 1 aliphatic rings. The molecule has 5 aromatic carbocycles. The zero-order valence-electron chi connectivity index (χ0n) is 31.2. The van der Waals surface area contributed by atoms with E-state index in [1.54, 1.807) is 14.2 Å². The molecule has 6 aromatic rings. The molecule has 0 bridgehead atoms. The maximum atomic E-state index is 13.7. The molecule has 1 saturated heterocycles. The second-order valence-corrected chi connectivity index (χ2v) is 13.4. The second-order valence-electron chi connectivity index (χ2n) is 13.4. The number of nitrogens with one attached hydrogen (secondary N) is 2. The standard InChI is InChI=1S/C44H42N4O8/c1-28(49)46-41-37(42(51)45-25-30-12-9-11-29-10-7-8-15-36(29)30)26-48(43(52)47-41)40-24-38(50)39(56-40)27-55-44(31-13-5-4-6-14-31,32-16-20-34(53-2)21-17-32)33-18-22-35(54-3)23-19-33/h4-23,26,38-40,50H,24-25,27H2,1-3H3,(H,45,51)(H,46,47,49,52)/t38-,39+,40+/m0/s1. The Kier molecular flexibility index (Phi) is 11.2. The normalized spacial score (nSPS) is 16.7. The molecule has 2 heterocycles. The van der Waals surface area contributed by atoms with Gasteiger partial charge in [0.25, 0.3) is 5.91 Å². The van der Waals surface area contributed by atoms with Crippen LogP contribution in [0.15, 0.2) is 132 Å². The average molecular weight is 755 g/mol. The van der Waals surface area contributed by atoms with Gasteiger partial charge in [0, 0.05) is 26.1 Å². The molecule has 0 saturated carbocycles. The van der Waals surface area contributed by atoms with Gasteiger partial charge in [0.05, 0.1) is 32.5 Å². The highest BCUT2D eigenvalue weighted by molar-refractivity contribution is 6.02. The number of methoxy groups -OCH3 is 2. The van der Waals surface area contributed by atoms with Crippen LogP contribution in [0.2, 0.25) is 0 Å². The third kappa shape index (κ3) is 7.76. The minimum absolute atomic E-state index is 0.00949. The van der Waals surface area contributed by atoms with Gasteiger partial charge in [-0.1, -0.05) is 97.1 Å². The first-order valence-electron chi connectivity index (χ1n) is 18.2. The Labute approximate surface area is 323 Å². The van der Waals surface area contributed by atoms with Crippen molar-refractivity contribution < 1.29 is 33.6 Å². The molecule has 0 radical (unpaired) electrons. The van der Waals surface area contributed by atoms with E-state index in [1.165, 1.54) is 17.7 Å². The second kappa shape index (κ2) is 16.6. The van der Waals surface area contributed by atoms with Crippen molar-refractivity contribution in [3.8, 4) is 11.5 Å². The van der Waals surface area contributed by atoms with Gasteiger partial charge >= 0.3 is 5.69 Å². The Morgan fingerprint density at radius 1 is 0.839 bits per heavy atom. The topological polar surface area (TPSA) is 150 Å². The number of benzene rings is 5. The van der Waals surface area contributed by atoms with E-state index in [1.807, 2.05) is 121 Å². The lowest BCUT2D eigenvalue weighted by atomic mass is 9.80. The minimum Gasteiger partial charge on any atom is -0.497 e. The first kappa shape index (κ1) is 38.0. The molecular formula is C44H42N4O8. The highest BCUT2D eigenvalue weighted by Crippen LogP contribution is 2.43. The molecule has 0 aliphatic carbocycles. The SMILES string of the molecule is COc1ccc(C(OC[C@H]2O[C@@H](n3cc(C(=O)NCc4cccc5ccccc45)c(NC(C)=O)nc3=O)C[C@@H]2O)(c2ccccc2)c2ccc(OC)cc2)cc1. The summed E-state index contributed by atoms with van der Waals surface area (Å²) < 4.78 is 25.4. The third-order valence-electron chi connectivity index (χ3n) is 9.96. The average Bonchev–Trinajstić information content (AvgIpc) is 3.60. The van der Waals surface area contributed by atoms with Gasteiger partial charge in [-0.15, -0.1) is 0 Å². The maximum absolute atomic E-state index is 13.7. The van der Waals surface area contributed by atoms with Gasteiger partial charge in [-0.3, -0.25) is 14.2 Å². The van der Waals surface area contributed by atoms with Crippen molar-refractivity contribution >= 4 is 28.4 Å². The molecular weight excluding hydrogens is 713 g/mol. The summed E-state index contributed by atoms with van der Waals surface area (Å²) in [6, 6.07) is 38.5. The van der Waals surface area contributed by atoms with Crippen LogP contribution < -0.4 is 25.8 Å². The molecule has 3 N–H and O–H groups in total. The number of carbonyl (C=O) groups is 2. The number of aromatic nitrogens is 2. The number of anilines is 1. The Hall–Kier alpha value is -6.34. The van der Waals surface area contributed by atoms with Crippen molar-refractivity contribution in [1.82, 2.24) is 14.9 Å². The smallest absolute Gasteiger partial charge is 0.351 e. The van der Waals surface area contributed by atoms with E-state index in [9.17, 15) is 19.5 Å². The first-order chi connectivity index (χ1) is 27.2. The Morgan fingerprint density at radius 2 is 1.45 bits per heavy atom. The zero-order chi connectivity index (χ0) is 39.2. The van der Waals surface area contributed by atoms with Gasteiger partial charge in [0.2, 0.25) is 5.91 Å². The Morgan fingerprint density at radius 3 is 2.09 bits per heavy atom. The number of fused-ring (bicyclic) bond motifs is 1. The van der Waals surface area contributed by atoms with Crippen LogP contribution in [0.4, 0.5) is 5.82 Å². The number of aliphatic hydroxyl groups excluding tert-OH is 1. The molecule has 1 fully saturated rings. The van der Waals surface area contributed by atoms with Crippen LogP contribution in [0.1, 0.15) is 52.2 Å². The molecule has 12 nitrogen and oxygen atoms in total. The number of rotatable bonds is 13. The largest absolute Gasteiger partial charge is 0.497 e. The minimum atomic E-state index is -1.17. The lowest BCUT2D eigenvalue weighted by Gasteiger charge is -2.37. The molecule has 1 aliphatic heterocycles. The van der Waals surface area contributed by atoms with E-state index in [-0.39, 0.29) is 31.0 Å². The van der Waals surface area contributed by atoms with Gasteiger partial charge in [-0.25, -0.2) is 4.79 Å². The number of ether oxygens (including phenoxy) is 4. The molecule has 286 valence electrons.